The molecule has 1 nitrogen and oxygen atoms in total. The molecule has 0 atom stereocenters. The third-order valence-electron chi connectivity index (χ3n) is 4.17. The van der Waals surface area contributed by atoms with Gasteiger partial charge in [0.25, 0.3) is 0 Å². The van der Waals surface area contributed by atoms with Crippen molar-refractivity contribution in [3.05, 3.63) is 34.4 Å². The molecule has 0 heterocycles. The summed E-state index contributed by atoms with van der Waals surface area (Å²) in [5.41, 5.74) is 4.62. The van der Waals surface area contributed by atoms with Crippen molar-refractivity contribution >= 4 is 5.78 Å². The minimum Gasteiger partial charge on any atom is -0.294 e. The Kier molecular flexibility index (Phi) is 2.92. The minimum atomic E-state index is -0.0707. The van der Waals surface area contributed by atoms with Gasteiger partial charge in [-0.15, -0.1) is 0 Å². The number of Topliss-reactive ketones (excluding diaryl/α,β-unsaturated/α-hetero) is 1. The molecule has 0 aliphatic heterocycles. The summed E-state index contributed by atoms with van der Waals surface area (Å²) >= 11 is 0. The van der Waals surface area contributed by atoms with Crippen LogP contribution in [0.4, 0.5) is 0 Å². The second-order valence-corrected chi connectivity index (χ2v) is 7.12. The molecule has 1 aromatic rings. The molecule has 1 aliphatic rings. The van der Waals surface area contributed by atoms with Crippen molar-refractivity contribution in [2.24, 2.45) is 5.41 Å². The first-order valence-corrected chi connectivity index (χ1v) is 6.82. The molecule has 0 bridgehead atoms. The van der Waals surface area contributed by atoms with Crippen LogP contribution in [0.1, 0.15) is 67.6 Å². The van der Waals surface area contributed by atoms with Gasteiger partial charge in [-0.3, -0.25) is 4.79 Å². The highest BCUT2D eigenvalue weighted by atomic mass is 16.1. The molecule has 0 radical (unpaired) electrons. The number of carbonyl (C=O) groups is 1. The molecule has 1 saturated carbocycles. The van der Waals surface area contributed by atoms with E-state index in [4.69, 9.17) is 0 Å². The van der Waals surface area contributed by atoms with Gasteiger partial charge in [-0.25, -0.2) is 0 Å². The lowest BCUT2D eigenvalue weighted by Crippen LogP contribution is -2.18. The lowest BCUT2D eigenvalue weighted by atomic mass is 9.81. The number of carbonyl (C=O) groups excluding carboxylic acids is 1. The van der Waals surface area contributed by atoms with Gasteiger partial charge in [0.15, 0.2) is 5.78 Å². The molecule has 1 heteroatoms. The first kappa shape index (κ1) is 13.3. The summed E-state index contributed by atoms with van der Waals surface area (Å²) in [6.45, 7) is 12.9. The van der Waals surface area contributed by atoms with Crippen molar-refractivity contribution in [2.75, 3.05) is 0 Å². The Balaban J connectivity index is 2.48. The van der Waals surface area contributed by atoms with Crippen LogP contribution in [0, 0.1) is 19.3 Å². The fourth-order valence-electron chi connectivity index (χ4n) is 2.47. The average molecular weight is 244 g/mol. The predicted octanol–water partition coefficient (Wildman–Crippen LogP) is 4.58. The highest BCUT2D eigenvalue weighted by Crippen LogP contribution is 2.48. The highest BCUT2D eigenvalue weighted by molar-refractivity contribution is 6.04. The third kappa shape index (κ3) is 2.23. The van der Waals surface area contributed by atoms with Crippen molar-refractivity contribution < 1.29 is 4.79 Å². The lowest BCUT2D eigenvalue weighted by Gasteiger charge is -2.22. The van der Waals surface area contributed by atoms with Gasteiger partial charge in [-0.2, -0.15) is 0 Å². The molecule has 0 aromatic heterocycles. The largest absolute Gasteiger partial charge is 0.294 e. The van der Waals surface area contributed by atoms with Gasteiger partial charge < -0.3 is 0 Å². The van der Waals surface area contributed by atoms with Crippen molar-refractivity contribution in [1.82, 2.24) is 0 Å². The Morgan fingerprint density at radius 1 is 1.11 bits per heavy atom. The van der Waals surface area contributed by atoms with E-state index in [1.54, 1.807) is 0 Å². The number of hydrogen-bond acceptors (Lipinski definition) is 1. The first-order valence-electron chi connectivity index (χ1n) is 6.82. The first-order chi connectivity index (χ1) is 8.15. The van der Waals surface area contributed by atoms with Gasteiger partial charge in [-0.05, 0) is 48.8 Å². The summed E-state index contributed by atoms with van der Waals surface area (Å²) in [6.07, 6.45) is 2.09. The fraction of sp³-hybridized carbons (Fsp3) is 0.588. The average Bonchev–Trinajstić information content (AvgIpc) is 2.95. The van der Waals surface area contributed by atoms with Gasteiger partial charge >= 0.3 is 0 Å². The standard InChI is InChI=1S/C17H24O/c1-11-9-13(16(3,4)5)10-12(2)14(11)15(18)17(6)7-8-17/h9-10H,7-8H2,1-6H3. The van der Waals surface area contributed by atoms with E-state index in [1.165, 1.54) is 5.56 Å². The Morgan fingerprint density at radius 3 is 1.89 bits per heavy atom. The zero-order valence-corrected chi connectivity index (χ0v) is 12.5. The van der Waals surface area contributed by atoms with E-state index < -0.39 is 0 Å². The van der Waals surface area contributed by atoms with Crippen molar-refractivity contribution in [2.45, 2.75) is 59.8 Å². The van der Waals surface area contributed by atoms with Crippen LogP contribution < -0.4 is 0 Å². The lowest BCUT2D eigenvalue weighted by molar-refractivity contribution is 0.0911. The maximum Gasteiger partial charge on any atom is 0.169 e. The van der Waals surface area contributed by atoms with Gasteiger partial charge in [0.2, 0.25) is 0 Å². The fourth-order valence-corrected chi connectivity index (χ4v) is 2.47. The normalized spacial score (nSPS) is 17.7. The monoisotopic (exact) mass is 244 g/mol. The molecule has 0 amide bonds. The summed E-state index contributed by atoms with van der Waals surface area (Å²) in [6, 6.07) is 4.37. The smallest absolute Gasteiger partial charge is 0.169 e. The van der Waals surface area contributed by atoms with Crippen molar-refractivity contribution in [3.8, 4) is 0 Å². The van der Waals surface area contributed by atoms with E-state index >= 15 is 0 Å². The molecule has 1 fully saturated rings. The maximum absolute atomic E-state index is 12.5. The van der Waals surface area contributed by atoms with Gasteiger partial charge in [0.05, 0.1) is 0 Å². The summed E-state index contributed by atoms with van der Waals surface area (Å²) in [4.78, 5) is 12.5. The molecule has 18 heavy (non-hydrogen) atoms. The Bertz CT molecular complexity index is 476. The Hall–Kier alpha value is -1.11. The third-order valence-corrected chi connectivity index (χ3v) is 4.17. The van der Waals surface area contributed by atoms with Crippen LogP contribution in [0.3, 0.4) is 0 Å². The van der Waals surface area contributed by atoms with E-state index in [9.17, 15) is 4.79 Å². The van der Waals surface area contributed by atoms with Crippen LogP contribution in [-0.2, 0) is 5.41 Å². The van der Waals surface area contributed by atoms with Crippen LogP contribution in [0.2, 0.25) is 0 Å². The van der Waals surface area contributed by atoms with Crippen LogP contribution in [0.25, 0.3) is 0 Å². The van der Waals surface area contributed by atoms with Gasteiger partial charge in [0, 0.05) is 11.0 Å². The molecule has 2 rings (SSSR count). The Labute approximate surface area is 111 Å². The highest BCUT2D eigenvalue weighted by Gasteiger charge is 2.45. The van der Waals surface area contributed by atoms with Gasteiger partial charge in [0.1, 0.15) is 0 Å². The predicted molar refractivity (Wildman–Crippen MR) is 76.3 cm³/mol. The van der Waals surface area contributed by atoms with Crippen LogP contribution in [0.5, 0.6) is 0 Å². The van der Waals surface area contributed by atoms with Crippen LogP contribution in [0.15, 0.2) is 12.1 Å². The summed E-state index contributed by atoms with van der Waals surface area (Å²) in [7, 11) is 0. The number of rotatable bonds is 2. The van der Waals surface area contributed by atoms with Gasteiger partial charge in [-0.1, -0.05) is 39.8 Å². The summed E-state index contributed by atoms with van der Waals surface area (Å²) < 4.78 is 0. The van der Waals surface area contributed by atoms with E-state index in [0.717, 1.165) is 29.5 Å². The van der Waals surface area contributed by atoms with Crippen molar-refractivity contribution in [3.63, 3.8) is 0 Å². The number of aryl methyl sites for hydroxylation is 2. The molecule has 0 spiro atoms. The quantitative estimate of drug-likeness (QED) is 0.696. The summed E-state index contributed by atoms with van der Waals surface area (Å²) in [5, 5.41) is 0. The van der Waals surface area contributed by atoms with E-state index in [0.29, 0.717) is 5.78 Å². The molecular weight excluding hydrogens is 220 g/mol. The number of ketones is 1. The molecule has 1 aliphatic carbocycles. The van der Waals surface area contributed by atoms with E-state index in [1.807, 2.05) is 0 Å². The van der Waals surface area contributed by atoms with Crippen LogP contribution in [-0.4, -0.2) is 5.78 Å². The second-order valence-electron chi connectivity index (χ2n) is 7.12. The zero-order chi connectivity index (χ0) is 13.7. The maximum atomic E-state index is 12.5. The number of hydrogen-bond donors (Lipinski definition) is 0. The minimum absolute atomic E-state index is 0.0707. The summed E-state index contributed by atoms with van der Waals surface area (Å²) in [5.74, 6) is 0.345. The molecule has 0 saturated heterocycles. The second kappa shape index (κ2) is 3.94. The Morgan fingerprint density at radius 2 is 1.56 bits per heavy atom. The molecule has 98 valence electrons. The zero-order valence-electron chi connectivity index (χ0n) is 12.5. The molecule has 1 aromatic carbocycles. The van der Waals surface area contributed by atoms with Crippen molar-refractivity contribution in [1.29, 1.82) is 0 Å². The number of benzene rings is 1. The molecular formula is C17H24O. The van der Waals surface area contributed by atoms with E-state index in [-0.39, 0.29) is 10.8 Å². The molecule has 0 unspecified atom stereocenters. The SMILES string of the molecule is Cc1cc(C(C)(C)C)cc(C)c1C(=O)C1(C)CC1. The topological polar surface area (TPSA) is 17.1 Å². The van der Waals surface area contributed by atoms with Crippen LogP contribution >= 0.6 is 0 Å². The van der Waals surface area contributed by atoms with E-state index in [2.05, 4.69) is 53.7 Å². The molecule has 0 N–H and O–H groups in total.